The van der Waals surface area contributed by atoms with Crippen LogP contribution < -0.4 is 5.32 Å². The van der Waals surface area contributed by atoms with Crippen molar-refractivity contribution in [3.8, 4) is 0 Å². The topological polar surface area (TPSA) is 37.8 Å². The third-order valence-electron chi connectivity index (χ3n) is 2.84. The molecule has 1 aromatic carbocycles. The zero-order chi connectivity index (χ0) is 11.7. The van der Waals surface area contributed by atoms with E-state index in [0.29, 0.717) is 17.6 Å². The normalized spacial score (nSPS) is 14.6. The first-order valence-corrected chi connectivity index (χ1v) is 5.66. The summed E-state index contributed by atoms with van der Waals surface area (Å²) in [6.45, 7) is 0. The average Bonchev–Trinajstić information content (AvgIpc) is 3.17. The Bertz CT molecular complexity index is 520. The van der Waals surface area contributed by atoms with Crippen molar-refractivity contribution in [1.82, 2.24) is 9.97 Å². The second-order valence-corrected chi connectivity index (χ2v) is 4.22. The predicted molar refractivity (Wildman–Crippen MR) is 63.7 cm³/mol. The number of aromatic nitrogens is 2. The van der Waals surface area contributed by atoms with Crippen molar-refractivity contribution < 1.29 is 4.39 Å². The first kappa shape index (κ1) is 10.2. The van der Waals surface area contributed by atoms with Gasteiger partial charge in [-0.25, -0.2) is 14.4 Å². The molecule has 1 N–H and O–H groups in total. The third kappa shape index (κ3) is 2.25. The number of hydrogen-bond acceptors (Lipinski definition) is 3. The van der Waals surface area contributed by atoms with Gasteiger partial charge in [-0.1, -0.05) is 12.1 Å². The van der Waals surface area contributed by atoms with Gasteiger partial charge in [-0.2, -0.15) is 0 Å². The maximum atomic E-state index is 13.4. The van der Waals surface area contributed by atoms with Crippen LogP contribution in [0.3, 0.4) is 0 Å². The van der Waals surface area contributed by atoms with Crippen LogP contribution in [0.1, 0.15) is 24.3 Å². The first-order valence-electron chi connectivity index (χ1n) is 5.66. The Morgan fingerprint density at radius 1 is 1.12 bits per heavy atom. The number of hydrogen-bond donors (Lipinski definition) is 1. The molecule has 1 aliphatic rings. The molecular formula is C13H12FN3. The van der Waals surface area contributed by atoms with Crippen molar-refractivity contribution in [2.75, 3.05) is 5.32 Å². The molecule has 1 aliphatic carbocycles. The van der Waals surface area contributed by atoms with Crippen LogP contribution in [0.2, 0.25) is 0 Å². The first-order chi connectivity index (χ1) is 8.33. The molecular weight excluding hydrogens is 217 g/mol. The lowest BCUT2D eigenvalue weighted by atomic mass is 10.2. The summed E-state index contributed by atoms with van der Waals surface area (Å²) in [6, 6.07) is 6.48. The molecule has 0 amide bonds. The molecule has 1 aromatic heterocycles. The maximum absolute atomic E-state index is 13.4. The highest BCUT2D eigenvalue weighted by molar-refractivity contribution is 5.53. The van der Waals surface area contributed by atoms with E-state index in [-0.39, 0.29) is 5.82 Å². The molecule has 0 radical (unpaired) electrons. The molecule has 1 heterocycles. The molecule has 17 heavy (non-hydrogen) atoms. The zero-order valence-electron chi connectivity index (χ0n) is 9.23. The van der Waals surface area contributed by atoms with Crippen LogP contribution in [-0.2, 0) is 0 Å². The summed E-state index contributed by atoms with van der Waals surface area (Å²) in [5, 5.41) is 2.86. The van der Waals surface area contributed by atoms with Gasteiger partial charge in [0.05, 0.1) is 5.69 Å². The lowest BCUT2D eigenvalue weighted by Gasteiger charge is -2.05. The lowest BCUT2D eigenvalue weighted by Crippen LogP contribution is -1.99. The number of nitrogens with zero attached hydrogens (tertiary/aromatic N) is 2. The minimum Gasteiger partial charge on any atom is -0.322 e. The second-order valence-electron chi connectivity index (χ2n) is 4.22. The van der Waals surface area contributed by atoms with E-state index in [4.69, 9.17) is 0 Å². The SMILES string of the molecule is Fc1ccccc1Nc1ncc(C2CC2)cn1. The lowest BCUT2D eigenvalue weighted by molar-refractivity contribution is 0.631. The Hall–Kier alpha value is -1.97. The van der Waals surface area contributed by atoms with Gasteiger partial charge < -0.3 is 5.32 Å². The van der Waals surface area contributed by atoms with Crippen molar-refractivity contribution in [2.24, 2.45) is 0 Å². The van der Waals surface area contributed by atoms with Crippen LogP contribution in [0.5, 0.6) is 0 Å². The molecule has 2 aromatic rings. The maximum Gasteiger partial charge on any atom is 0.227 e. The van der Waals surface area contributed by atoms with E-state index in [9.17, 15) is 4.39 Å². The Labute approximate surface area is 98.7 Å². The molecule has 0 unspecified atom stereocenters. The average molecular weight is 229 g/mol. The number of halogens is 1. The summed E-state index contributed by atoms with van der Waals surface area (Å²) < 4.78 is 13.4. The van der Waals surface area contributed by atoms with E-state index in [2.05, 4.69) is 15.3 Å². The van der Waals surface area contributed by atoms with Gasteiger partial charge in [0, 0.05) is 12.4 Å². The quantitative estimate of drug-likeness (QED) is 0.878. The Morgan fingerprint density at radius 3 is 2.47 bits per heavy atom. The predicted octanol–water partition coefficient (Wildman–Crippen LogP) is 3.24. The minimum atomic E-state index is -0.303. The van der Waals surface area contributed by atoms with Crippen molar-refractivity contribution in [1.29, 1.82) is 0 Å². The highest BCUT2D eigenvalue weighted by atomic mass is 19.1. The number of nitrogens with one attached hydrogen (secondary N) is 1. The molecule has 0 bridgehead atoms. The van der Waals surface area contributed by atoms with Crippen molar-refractivity contribution >= 4 is 11.6 Å². The number of benzene rings is 1. The smallest absolute Gasteiger partial charge is 0.227 e. The molecule has 86 valence electrons. The van der Waals surface area contributed by atoms with E-state index >= 15 is 0 Å². The summed E-state index contributed by atoms with van der Waals surface area (Å²) in [4.78, 5) is 8.37. The molecule has 0 atom stereocenters. The third-order valence-corrected chi connectivity index (χ3v) is 2.84. The molecule has 0 saturated heterocycles. The summed E-state index contributed by atoms with van der Waals surface area (Å²) in [5.74, 6) is 0.763. The van der Waals surface area contributed by atoms with E-state index < -0.39 is 0 Å². The van der Waals surface area contributed by atoms with Crippen molar-refractivity contribution in [3.63, 3.8) is 0 Å². The molecule has 1 fully saturated rings. The summed E-state index contributed by atoms with van der Waals surface area (Å²) in [6.07, 6.45) is 6.08. The van der Waals surface area contributed by atoms with Crippen LogP contribution in [0.15, 0.2) is 36.7 Å². The van der Waals surface area contributed by atoms with Crippen molar-refractivity contribution in [3.05, 3.63) is 48.0 Å². The van der Waals surface area contributed by atoms with Gasteiger partial charge >= 0.3 is 0 Å². The van der Waals surface area contributed by atoms with Gasteiger partial charge in [-0.3, -0.25) is 0 Å². The summed E-state index contributed by atoms with van der Waals surface area (Å²) >= 11 is 0. The molecule has 4 heteroatoms. The Kier molecular flexibility index (Phi) is 2.48. The summed E-state index contributed by atoms with van der Waals surface area (Å²) in [7, 11) is 0. The minimum absolute atomic E-state index is 0.303. The fourth-order valence-corrected chi connectivity index (χ4v) is 1.71. The van der Waals surface area contributed by atoms with E-state index in [1.807, 2.05) is 12.4 Å². The van der Waals surface area contributed by atoms with Gasteiger partial charge in [0.1, 0.15) is 5.82 Å². The highest BCUT2D eigenvalue weighted by Crippen LogP contribution is 2.39. The largest absolute Gasteiger partial charge is 0.322 e. The van der Waals surface area contributed by atoms with E-state index in [0.717, 1.165) is 0 Å². The second kappa shape index (κ2) is 4.13. The zero-order valence-corrected chi connectivity index (χ0v) is 9.23. The number of para-hydroxylation sites is 1. The fourth-order valence-electron chi connectivity index (χ4n) is 1.71. The van der Waals surface area contributed by atoms with Gasteiger partial charge in [0.15, 0.2) is 0 Å². The van der Waals surface area contributed by atoms with Crippen LogP contribution >= 0.6 is 0 Å². The summed E-state index contributed by atoms with van der Waals surface area (Å²) in [5.41, 5.74) is 1.57. The van der Waals surface area contributed by atoms with Gasteiger partial charge in [0.2, 0.25) is 5.95 Å². The van der Waals surface area contributed by atoms with Crippen molar-refractivity contribution in [2.45, 2.75) is 18.8 Å². The molecule has 3 rings (SSSR count). The molecule has 1 saturated carbocycles. The Balaban J connectivity index is 1.78. The Morgan fingerprint density at radius 2 is 1.82 bits per heavy atom. The van der Waals surface area contributed by atoms with Gasteiger partial charge in [-0.05, 0) is 36.5 Å². The highest BCUT2D eigenvalue weighted by Gasteiger charge is 2.23. The van der Waals surface area contributed by atoms with Crippen LogP contribution in [0, 0.1) is 5.82 Å². The van der Waals surface area contributed by atoms with Gasteiger partial charge in [-0.15, -0.1) is 0 Å². The van der Waals surface area contributed by atoms with E-state index in [1.54, 1.807) is 18.2 Å². The van der Waals surface area contributed by atoms with Crippen LogP contribution in [-0.4, -0.2) is 9.97 Å². The molecule has 3 nitrogen and oxygen atoms in total. The standard InChI is InChI=1S/C13H12FN3/c14-11-3-1-2-4-12(11)17-13-15-7-10(8-16-13)9-5-6-9/h1-4,7-9H,5-6H2,(H,15,16,17). The molecule has 0 aliphatic heterocycles. The fraction of sp³-hybridized carbons (Fsp3) is 0.231. The van der Waals surface area contributed by atoms with E-state index in [1.165, 1.54) is 24.5 Å². The van der Waals surface area contributed by atoms with Gasteiger partial charge in [0.25, 0.3) is 0 Å². The monoisotopic (exact) mass is 229 g/mol. The molecule has 0 spiro atoms. The number of rotatable bonds is 3. The van der Waals surface area contributed by atoms with Crippen LogP contribution in [0.4, 0.5) is 16.0 Å². The number of anilines is 2. The van der Waals surface area contributed by atoms with Crippen LogP contribution in [0.25, 0.3) is 0 Å².